The monoisotopic (exact) mass is 591 g/mol. The Morgan fingerprint density at radius 1 is 1.05 bits per heavy atom. The number of amides is 3. The fourth-order valence-corrected chi connectivity index (χ4v) is 4.54. The van der Waals surface area contributed by atoms with Gasteiger partial charge in [0.25, 0.3) is 11.8 Å². The molecule has 0 saturated carbocycles. The van der Waals surface area contributed by atoms with Crippen molar-refractivity contribution in [2.45, 2.75) is 25.9 Å². The molecule has 0 atom stereocenters. The van der Waals surface area contributed by atoms with E-state index in [9.17, 15) is 19.2 Å². The van der Waals surface area contributed by atoms with E-state index in [2.05, 4.69) is 35.3 Å². The highest BCUT2D eigenvalue weighted by molar-refractivity contribution is 6.13. The maximum atomic E-state index is 13.1. The van der Waals surface area contributed by atoms with Crippen molar-refractivity contribution in [2.24, 2.45) is 0 Å². The Labute approximate surface area is 244 Å². The van der Waals surface area contributed by atoms with Crippen LogP contribution in [0, 0.1) is 6.92 Å². The number of H-pyrrole nitrogens is 2. The van der Waals surface area contributed by atoms with Crippen molar-refractivity contribution >= 4 is 46.5 Å². The summed E-state index contributed by atoms with van der Waals surface area (Å²) in [6.45, 7) is 2.38. The summed E-state index contributed by atoms with van der Waals surface area (Å²) in [4.78, 5) is 63.9. The van der Waals surface area contributed by atoms with Gasteiger partial charge >= 0.3 is 12.1 Å². The van der Waals surface area contributed by atoms with Crippen LogP contribution in [0.2, 0.25) is 0 Å². The van der Waals surface area contributed by atoms with Crippen LogP contribution in [0.15, 0.2) is 42.7 Å². The van der Waals surface area contributed by atoms with E-state index in [1.165, 1.54) is 18.3 Å². The second-order valence-corrected chi connectivity index (χ2v) is 9.73. The zero-order valence-electron chi connectivity index (χ0n) is 23.3. The van der Waals surface area contributed by atoms with Crippen molar-refractivity contribution < 1.29 is 38.5 Å². The quantitative estimate of drug-likeness (QED) is 0.180. The zero-order valence-corrected chi connectivity index (χ0v) is 23.3. The number of piperidine rings is 1. The Morgan fingerprint density at radius 3 is 2.53 bits per heavy atom. The number of aryl methyl sites for hydroxylation is 1. The molecule has 2 aromatic carbocycles. The molecule has 0 unspecified atom stereocenters. The number of benzene rings is 2. The molecule has 15 nitrogen and oxygen atoms in total. The molecule has 5 rings (SSSR count). The minimum absolute atomic E-state index is 0.0645. The predicted molar refractivity (Wildman–Crippen MR) is 153 cm³/mol. The Balaban J connectivity index is 1.20. The number of fused-ring (bicyclic) bond motifs is 1. The summed E-state index contributed by atoms with van der Waals surface area (Å²) in [5, 5.41) is 14.5. The zero-order chi connectivity index (χ0) is 30.5. The molecular formula is C28H29N7O8. The van der Waals surface area contributed by atoms with Crippen molar-refractivity contribution in [3.8, 4) is 11.5 Å². The third-order valence-electron chi connectivity index (χ3n) is 6.81. The van der Waals surface area contributed by atoms with Crippen LogP contribution in [0.3, 0.4) is 0 Å². The number of aromatic nitrogens is 4. The molecular weight excluding hydrogens is 562 g/mol. The Morgan fingerprint density at radius 2 is 1.81 bits per heavy atom. The van der Waals surface area contributed by atoms with E-state index in [1.54, 1.807) is 43.3 Å². The van der Waals surface area contributed by atoms with Crippen LogP contribution < -0.4 is 20.1 Å². The third kappa shape index (κ3) is 6.83. The number of carbonyl (C=O) groups is 4. The summed E-state index contributed by atoms with van der Waals surface area (Å²) in [5.41, 5.74) is 2.15. The van der Waals surface area contributed by atoms with Crippen molar-refractivity contribution in [2.75, 3.05) is 37.4 Å². The first kappa shape index (κ1) is 28.9. The molecule has 0 aliphatic carbocycles. The number of aromatic amines is 2. The van der Waals surface area contributed by atoms with Crippen LogP contribution in [0.1, 0.15) is 39.4 Å². The largest absolute Gasteiger partial charge is 0.490 e. The average Bonchev–Trinajstić information content (AvgIpc) is 3.64. The van der Waals surface area contributed by atoms with E-state index in [1.807, 2.05) is 0 Å². The van der Waals surface area contributed by atoms with E-state index in [0.717, 1.165) is 5.56 Å². The van der Waals surface area contributed by atoms with Crippen LogP contribution in [-0.4, -0.2) is 86.7 Å². The van der Waals surface area contributed by atoms with E-state index < -0.39 is 23.9 Å². The van der Waals surface area contributed by atoms with Crippen molar-refractivity contribution in [1.29, 1.82) is 0 Å². The van der Waals surface area contributed by atoms with Gasteiger partial charge in [-0.25, -0.2) is 19.6 Å². The fraction of sp³-hybridized carbons (Fsp3) is 0.286. The second-order valence-electron chi connectivity index (χ2n) is 9.73. The first-order chi connectivity index (χ1) is 20.7. The average molecular weight is 592 g/mol. The second kappa shape index (κ2) is 12.5. The van der Waals surface area contributed by atoms with E-state index in [0.29, 0.717) is 54.2 Å². The molecule has 4 aromatic rings. The summed E-state index contributed by atoms with van der Waals surface area (Å²) >= 11 is 0. The molecule has 3 amide bonds. The van der Waals surface area contributed by atoms with Gasteiger partial charge in [-0.05, 0) is 42.8 Å². The predicted octanol–water partition coefficient (Wildman–Crippen LogP) is 3.17. The summed E-state index contributed by atoms with van der Waals surface area (Å²) in [7, 11) is 1.26. The normalized spacial score (nSPS) is 13.4. The molecule has 1 saturated heterocycles. The third-order valence-corrected chi connectivity index (χ3v) is 6.81. The molecule has 2 aromatic heterocycles. The van der Waals surface area contributed by atoms with Crippen LogP contribution in [0.25, 0.3) is 11.0 Å². The Kier molecular flexibility index (Phi) is 8.41. The van der Waals surface area contributed by atoms with Gasteiger partial charge in [-0.2, -0.15) is 0 Å². The van der Waals surface area contributed by atoms with Crippen molar-refractivity contribution in [1.82, 2.24) is 24.8 Å². The number of imidazole rings is 2. The molecule has 0 radical (unpaired) electrons. The van der Waals surface area contributed by atoms with Gasteiger partial charge in [0.05, 0.1) is 24.5 Å². The lowest BCUT2D eigenvalue weighted by Gasteiger charge is -2.30. The highest BCUT2D eigenvalue weighted by Gasteiger charge is 2.24. The maximum Gasteiger partial charge on any atom is 0.407 e. The lowest BCUT2D eigenvalue weighted by Crippen LogP contribution is -2.41. The van der Waals surface area contributed by atoms with Crippen LogP contribution in [0.4, 0.5) is 16.4 Å². The number of likely N-dealkylation sites (tertiary alicyclic amines) is 1. The molecule has 1 fully saturated rings. The van der Waals surface area contributed by atoms with E-state index in [4.69, 9.17) is 14.6 Å². The Hall–Kier alpha value is -5.60. The fourth-order valence-electron chi connectivity index (χ4n) is 4.54. The van der Waals surface area contributed by atoms with Crippen LogP contribution in [-0.2, 0) is 9.53 Å². The van der Waals surface area contributed by atoms with Crippen molar-refractivity contribution in [3.05, 3.63) is 59.7 Å². The van der Waals surface area contributed by atoms with Crippen LogP contribution >= 0.6 is 0 Å². The number of nitrogens with one attached hydrogen (secondary N) is 4. The van der Waals surface area contributed by atoms with Gasteiger partial charge < -0.3 is 39.5 Å². The summed E-state index contributed by atoms with van der Waals surface area (Å²) < 4.78 is 16.0. The number of esters is 1. The number of rotatable bonds is 9. The summed E-state index contributed by atoms with van der Waals surface area (Å²) in [6, 6.07) is 10.1. The molecule has 5 N–H and O–H groups in total. The molecule has 1 aliphatic rings. The number of nitrogens with zero attached hydrogens (tertiary/aromatic N) is 3. The maximum absolute atomic E-state index is 13.1. The number of methoxy groups -OCH3 is 1. The first-order valence-corrected chi connectivity index (χ1v) is 13.3. The minimum atomic E-state index is -0.930. The van der Waals surface area contributed by atoms with E-state index in [-0.39, 0.29) is 30.0 Å². The van der Waals surface area contributed by atoms with Gasteiger partial charge in [0.2, 0.25) is 5.95 Å². The molecule has 3 heterocycles. The Bertz CT molecular complexity index is 1670. The first-order valence-electron chi connectivity index (χ1n) is 13.3. The van der Waals surface area contributed by atoms with Gasteiger partial charge in [0.15, 0.2) is 12.3 Å². The van der Waals surface area contributed by atoms with Gasteiger partial charge in [-0.3, -0.25) is 14.9 Å². The number of ether oxygens (including phenoxy) is 3. The molecule has 0 spiro atoms. The van der Waals surface area contributed by atoms with Gasteiger partial charge in [-0.15, -0.1) is 0 Å². The molecule has 43 heavy (non-hydrogen) atoms. The smallest absolute Gasteiger partial charge is 0.407 e. The highest BCUT2D eigenvalue weighted by atomic mass is 16.6. The lowest BCUT2D eigenvalue weighted by atomic mass is 10.1. The van der Waals surface area contributed by atoms with Crippen molar-refractivity contribution in [3.63, 3.8) is 0 Å². The highest BCUT2D eigenvalue weighted by Crippen LogP contribution is 2.26. The summed E-state index contributed by atoms with van der Waals surface area (Å²) in [5.74, 6) is -0.615. The number of hydrogen-bond donors (Lipinski definition) is 5. The number of carboxylic acid groups (broad SMARTS) is 1. The molecule has 224 valence electrons. The molecule has 15 heteroatoms. The van der Waals surface area contributed by atoms with Gasteiger partial charge in [0, 0.05) is 37.7 Å². The van der Waals surface area contributed by atoms with Gasteiger partial charge in [0.1, 0.15) is 23.3 Å². The summed E-state index contributed by atoms with van der Waals surface area (Å²) in [6.07, 6.45) is 1.39. The minimum Gasteiger partial charge on any atom is -0.490 e. The van der Waals surface area contributed by atoms with Gasteiger partial charge in [-0.1, -0.05) is 0 Å². The molecule has 1 aliphatic heterocycles. The topological polar surface area (TPSA) is 201 Å². The number of hydrogen-bond acceptors (Lipinski definition) is 9. The SMILES string of the molecule is COC(=O)COc1ccc2nc(NC(=O)c3[nH]cnc3C(=O)Nc3ccc(OC4CCN(C(=O)O)CC4)cc3C)[nH]c2c1. The van der Waals surface area contributed by atoms with E-state index >= 15 is 0 Å². The van der Waals surface area contributed by atoms with Crippen LogP contribution in [0.5, 0.6) is 11.5 Å². The lowest BCUT2D eigenvalue weighted by molar-refractivity contribution is -0.142. The molecule has 0 bridgehead atoms. The number of anilines is 2. The number of carbonyl (C=O) groups excluding carboxylic acids is 3. The standard InChI is InChI=1S/C28H29N7O8/c1-15-11-18(43-16-7-9-35(10-8-16)28(39)40)4-5-19(15)31-25(37)23-24(30-14-29-23)26(38)34-27-32-20-6-3-17(12-21(20)33-27)42-13-22(36)41-2/h3-6,11-12,14,16H,7-10,13H2,1-2H3,(H,29,30)(H,31,37)(H,39,40)(H2,32,33,34,38).